The van der Waals surface area contributed by atoms with Gasteiger partial charge in [0, 0.05) is 5.92 Å². The Kier molecular flexibility index (Phi) is 5.63. The normalized spacial score (nSPS) is 12.2. The first-order valence-electron chi connectivity index (χ1n) is 6.92. The molecule has 0 radical (unpaired) electrons. The van der Waals surface area contributed by atoms with E-state index < -0.39 is 23.5 Å². The fraction of sp³-hybridized carbons (Fsp3) is 0.571. The first-order valence-corrected chi connectivity index (χ1v) is 6.92. The summed E-state index contributed by atoms with van der Waals surface area (Å²) >= 11 is 0. The number of aromatic nitrogens is 2. The van der Waals surface area contributed by atoms with Gasteiger partial charge in [0.05, 0.1) is 5.69 Å². The summed E-state index contributed by atoms with van der Waals surface area (Å²) in [4.78, 5) is 41.9. The Labute approximate surface area is 122 Å². The third-order valence-electron chi connectivity index (χ3n) is 3.07. The number of aromatic amines is 1. The van der Waals surface area contributed by atoms with Crippen LogP contribution in [0.2, 0.25) is 0 Å². The number of aliphatic carboxylic acids is 1. The van der Waals surface area contributed by atoms with Crippen molar-refractivity contribution in [2.24, 2.45) is 0 Å². The minimum atomic E-state index is -1.12. The van der Waals surface area contributed by atoms with Crippen LogP contribution in [0, 0.1) is 6.92 Å². The first kappa shape index (κ1) is 16.9. The van der Waals surface area contributed by atoms with Crippen LogP contribution < -0.4 is 10.9 Å². The Morgan fingerprint density at radius 2 is 2.00 bits per heavy atom. The topological polar surface area (TPSA) is 112 Å². The van der Waals surface area contributed by atoms with Crippen molar-refractivity contribution >= 4 is 11.9 Å². The van der Waals surface area contributed by atoms with Crippen molar-refractivity contribution < 1.29 is 14.7 Å². The number of carboxylic acids is 1. The summed E-state index contributed by atoms with van der Waals surface area (Å²) in [6.45, 7) is 7.13. The summed E-state index contributed by atoms with van der Waals surface area (Å²) in [5.74, 6) is -1.30. The number of H-pyrrole nitrogens is 1. The standard InChI is InChI=1S/C14H21N3O4/c1-5-6-9(14(20)21)16-12(18)10-8(4)15-11(7(2)3)17-13(10)19/h7,9H,5-6H2,1-4H3,(H,16,18)(H,20,21)(H,15,17,19)/t9-/m0/s1. The van der Waals surface area contributed by atoms with Crippen LogP contribution >= 0.6 is 0 Å². The maximum Gasteiger partial charge on any atom is 0.326 e. The molecule has 1 heterocycles. The summed E-state index contributed by atoms with van der Waals surface area (Å²) in [5, 5.41) is 11.4. The summed E-state index contributed by atoms with van der Waals surface area (Å²) in [6, 6.07) is -1.01. The number of nitrogens with one attached hydrogen (secondary N) is 2. The summed E-state index contributed by atoms with van der Waals surface area (Å²) in [5.41, 5.74) is -0.397. The van der Waals surface area contributed by atoms with Crippen LogP contribution in [0.5, 0.6) is 0 Å². The molecular weight excluding hydrogens is 274 g/mol. The molecule has 1 aromatic heterocycles. The van der Waals surface area contributed by atoms with E-state index in [9.17, 15) is 14.4 Å². The number of carbonyl (C=O) groups is 2. The van der Waals surface area contributed by atoms with E-state index in [1.807, 2.05) is 20.8 Å². The highest BCUT2D eigenvalue weighted by Gasteiger charge is 2.23. The SMILES string of the molecule is CCC[C@H](NC(=O)c1c(C)nc(C(C)C)[nH]c1=O)C(=O)O. The molecule has 0 saturated heterocycles. The maximum absolute atomic E-state index is 12.1. The Balaban J connectivity index is 3.08. The highest BCUT2D eigenvalue weighted by Crippen LogP contribution is 2.09. The van der Waals surface area contributed by atoms with Crippen molar-refractivity contribution in [3.63, 3.8) is 0 Å². The molecule has 21 heavy (non-hydrogen) atoms. The van der Waals surface area contributed by atoms with Gasteiger partial charge in [0.15, 0.2) is 0 Å². The summed E-state index contributed by atoms with van der Waals surface area (Å²) in [7, 11) is 0. The molecule has 0 aliphatic rings. The number of carbonyl (C=O) groups excluding carboxylic acids is 1. The molecule has 0 unspecified atom stereocenters. The lowest BCUT2D eigenvalue weighted by Gasteiger charge is -2.14. The Morgan fingerprint density at radius 3 is 2.43 bits per heavy atom. The van der Waals surface area contributed by atoms with Gasteiger partial charge < -0.3 is 15.4 Å². The van der Waals surface area contributed by atoms with Gasteiger partial charge in [0.1, 0.15) is 17.4 Å². The molecule has 0 fully saturated rings. The number of hydrogen-bond donors (Lipinski definition) is 3. The van der Waals surface area contributed by atoms with Crippen LogP contribution in [0.15, 0.2) is 4.79 Å². The zero-order valence-electron chi connectivity index (χ0n) is 12.7. The van der Waals surface area contributed by atoms with E-state index >= 15 is 0 Å². The summed E-state index contributed by atoms with van der Waals surface area (Å²) in [6.07, 6.45) is 0.909. The van der Waals surface area contributed by atoms with Crippen molar-refractivity contribution in [3.05, 3.63) is 27.4 Å². The van der Waals surface area contributed by atoms with E-state index in [4.69, 9.17) is 5.11 Å². The number of aryl methyl sites for hydroxylation is 1. The van der Waals surface area contributed by atoms with Crippen molar-refractivity contribution in [2.75, 3.05) is 0 Å². The van der Waals surface area contributed by atoms with Gasteiger partial charge in [-0.25, -0.2) is 9.78 Å². The molecule has 0 spiro atoms. The van der Waals surface area contributed by atoms with Gasteiger partial charge in [-0.05, 0) is 13.3 Å². The maximum atomic E-state index is 12.1. The quantitative estimate of drug-likeness (QED) is 0.729. The lowest BCUT2D eigenvalue weighted by Crippen LogP contribution is -2.43. The van der Waals surface area contributed by atoms with Gasteiger partial charge >= 0.3 is 5.97 Å². The monoisotopic (exact) mass is 295 g/mol. The van der Waals surface area contributed by atoms with Gasteiger partial charge in [-0.3, -0.25) is 9.59 Å². The lowest BCUT2D eigenvalue weighted by molar-refractivity contribution is -0.139. The molecule has 1 atom stereocenters. The molecule has 1 aromatic rings. The van der Waals surface area contributed by atoms with E-state index in [0.717, 1.165) is 0 Å². The van der Waals surface area contributed by atoms with E-state index in [0.29, 0.717) is 24.4 Å². The largest absolute Gasteiger partial charge is 0.480 e. The molecule has 0 bridgehead atoms. The fourth-order valence-corrected chi connectivity index (χ4v) is 1.92. The number of carboxylic acid groups (broad SMARTS) is 1. The van der Waals surface area contributed by atoms with Crippen molar-refractivity contribution in [1.29, 1.82) is 0 Å². The Morgan fingerprint density at radius 1 is 1.38 bits per heavy atom. The highest BCUT2D eigenvalue weighted by atomic mass is 16.4. The second-order valence-corrected chi connectivity index (χ2v) is 5.22. The average molecular weight is 295 g/mol. The van der Waals surface area contributed by atoms with Gasteiger partial charge in [-0.15, -0.1) is 0 Å². The van der Waals surface area contributed by atoms with Crippen LogP contribution in [0.25, 0.3) is 0 Å². The zero-order chi connectivity index (χ0) is 16.2. The predicted molar refractivity (Wildman–Crippen MR) is 77.5 cm³/mol. The van der Waals surface area contributed by atoms with E-state index in [1.54, 1.807) is 6.92 Å². The smallest absolute Gasteiger partial charge is 0.326 e. The van der Waals surface area contributed by atoms with E-state index in [1.165, 1.54) is 0 Å². The second-order valence-electron chi connectivity index (χ2n) is 5.22. The Hall–Kier alpha value is -2.18. The molecule has 0 aliphatic carbocycles. The van der Waals surface area contributed by atoms with Gasteiger partial charge in [-0.2, -0.15) is 0 Å². The van der Waals surface area contributed by atoms with Crippen LogP contribution in [-0.2, 0) is 4.79 Å². The molecular formula is C14H21N3O4. The molecule has 116 valence electrons. The number of rotatable bonds is 6. The van der Waals surface area contributed by atoms with E-state index in [-0.39, 0.29) is 11.5 Å². The minimum Gasteiger partial charge on any atom is -0.480 e. The average Bonchev–Trinajstić information content (AvgIpc) is 2.36. The molecule has 1 amide bonds. The van der Waals surface area contributed by atoms with Crippen molar-refractivity contribution in [1.82, 2.24) is 15.3 Å². The van der Waals surface area contributed by atoms with Gasteiger partial charge in [0.25, 0.3) is 11.5 Å². The summed E-state index contributed by atoms with van der Waals surface area (Å²) < 4.78 is 0. The van der Waals surface area contributed by atoms with Crippen LogP contribution in [0.3, 0.4) is 0 Å². The lowest BCUT2D eigenvalue weighted by atomic mass is 10.1. The van der Waals surface area contributed by atoms with Crippen LogP contribution in [0.4, 0.5) is 0 Å². The molecule has 7 heteroatoms. The van der Waals surface area contributed by atoms with Gasteiger partial charge in [-0.1, -0.05) is 27.2 Å². The van der Waals surface area contributed by atoms with Crippen molar-refractivity contribution in [2.45, 2.75) is 52.5 Å². The van der Waals surface area contributed by atoms with E-state index in [2.05, 4.69) is 15.3 Å². The molecule has 0 aliphatic heterocycles. The van der Waals surface area contributed by atoms with Gasteiger partial charge in [0.2, 0.25) is 0 Å². The third-order valence-corrected chi connectivity index (χ3v) is 3.07. The van der Waals surface area contributed by atoms with Crippen molar-refractivity contribution in [3.8, 4) is 0 Å². The molecule has 3 N–H and O–H groups in total. The van der Waals surface area contributed by atoms with Crippen LogP contribution in [0.1, 0.15) is 61.4 Å². The third kappa shape index (κ3) is 4.14. The fourth-order valence-electron chi connectivity index (χ4n) is 1.92. The second kappa shape index (κ2) is 7.01. The molecule has 1 rings (SSSR count). The predicted octanol–water partition coefficient (Wildman–Crippen LogP) is 1.18. The number of hydrogen-bond acceptors (Lipinski definition) is 4. The zero-order valence-corrected chi connectivity index (χ0v) is 12.7. The van der Waals surface area contributed by atoms with Crippen LogP contribution in [-0.4, -0.2) is 33.0 Å². The Bertz CT molecular complexity index is 592. The molecule has 0 aromatic carbocycles. The molecule has 0 saturated carbocycles. The highest BCUT2D eigenvalue weighted by molar-refractivity contribution is 5.97. The minimum absolute atomic E-state index is 0.0281. The molecule has 7 nitrogen and oxygen atoms in total. The number of nitrogens with zero attached hydrogens (tertiary/aromatic N) is 1. The first-order chi connectivity index (χ1) is 9.77. The number of amides is 1.